The van der Waals surface area contributed by atoms with Gasteiger partial charge < -0.3 is 14.5 Å². The molecule has 0 aliphatic rings. The average molecular weight is 616 g/mol. The van der Waals surface area contributed by atoms with Crippen LogP contribution in [0.1, 0.15) is 22.3 Å². The van der Waals surface area contributed by atoms with E-state index in [1.807, 2.05) is 0 Å². The molecule has 0 amide bonds. The lowest BCUT2D eigenvalue weighted by atomic mass is 10.1. The lowest BCUT2D eigenvalue weighted by Gasteiger charge is -2.22. The molecule has 42 heavy (non-hydrogen) atoms. The summed E-state index contributed by atoms with van der Waals surface area (Å²) in [5, 5.41) is 3.49. The fourth-order valence-corrected chi connectivity index (χ4v) is 3.99. The van der Waals surface area contributed by atoms with Gasteiger partial charge >= 0.3 is 18.3 Å². The van der Waals surface area contributed by atoms with Gasteiger partial charge in [0.25, 0.3) is 5.56 Å². The number of hydrogen-bond acceptors (Lipinski definition) is 7. The molecule has 0 spiro atoms. The molecule has 0 saturated heterocycles. The highest BCUT2D eigenvalue weighted by molar-refractivity contribution is 6.31. The van der Waals surface area contributed by atoms with Crippen LogP contribution in [0.15, 0.2) is 65.8 Å². The summed E-state index contributed by atoms with van der Waals surface area (Å²) in [6, 6.07) is 9.06. The van der Waals surface area contributed by atoms with Crippen molar-refractivity contribution in [3.63, 3.8) is 0 Å². The van der Waals surface area contributed by atoms with E-state index in [4.69, 9.17) is 16.3 Å². The average Bonchev–Trinajstić information content (AvgIpc) is 3.31. The molecule has 222 valence electrons. The monoisotopic (exact) mass is 615 g/mol. The second-order valence-corrected chi connectivity index (χ2v) is 9.42. The van der Waals surface area contributed by atoms with Crippen molar-refractivity contribution >= 4 is 23.5 Å². The number of carbonyl (C=O) groups is 1. The van der Waals surface area contributed by atoms with E-state index in [1.165, 1.54) is 53.2 Å². The number of rotatable bonds is 8. The van der Waals surface area contributed by atoms with E-state index in [-0.39, 0.29) is 30.0 Å². The summed E-state index contributed by atoms with van der Waals surface area (Å²) in [5.74, 6) is -2.84. The quantitative estimate of drug-likeness (QED) is 0.252. The summed E-state index contributed by atoms with van der Waals surface area (Å²) in [6.45, 7) is -0.0304. The van der Waals surface area contributed by atoms with E-state index in [1.54, 1.807) is 13.2 Å². The zero-order valence-corrected chi connectivity index (χ0v) is 22.5. The predicted octanol–water partition coefficient (Wildman–Crippen LogP) is 5.19. The van der Waals surface area contributed by atoms with Gasteiger partial charge in [-0.3, -0.25) is 9.48 Å². The minimum absolute atomic E-state index is 0.0304. The Morgan fingerprint density at radius 3 is 2.26 bits per heavy atom. The number of benzene rings is 2. The van der Waals surface area contributed by atoms with Crippen molar-refractivity contribution in [2.24, 2.45) is 7.05 Å². The maximum atomic E-state index is 13.1. The van der Waals surface area contributed by atoms with Gasteiger partial charge in [-0.15, -0.1) is 4.73 Å². The number of hydrogen-bond donors (Lipinski definition) is 0. The Morgan fingerprint density at radius 2 is 1.67 bits per heavy atom. The van der Waals surface area contributed by atoms with E-state index >= 15 is 0 Å². The van der Waals surface area contributed by atoms with Gasteiger partial charge in [-0.25, -0.2) is 4.79 Å². The van der Waals surface area contributed by atoms with E-state index in [0.717, 1.165) is 18.3 Å². The van der Waals surface area contributed by atoms with Gasteiger partial charge in [0, 0.05) is 38.8 Å². The normalized spacial score (nSPS) is 11.8. The number of aromatic nitrogens is 4. The Bertz CT molecular complexity index is 1650. The van der Waals surface area contributed by atoms with Crippen molar-refractivity contribution in [2.75, 3.05) is 11.9 Å². The zero-order chi connectivity index (χ0) is 30.8. The van der Waals surface area contributed by atoms with Gasteiger partial charge in [-0.2, -0.15) is 36.4 Å². The van der Waals surface area contributed by atoms with Crippen molar-refractivity contribution in [3.8, 4) is 11.5 Å². The highest BCUT2D eigenvalue weighted by atomic mass is 35.5. The first kappa shape index (κ1) is 30.4. The van der Waals surface area contributed by atoms with Crippen LogP contribution in [0.25, 0.3) is 0 Å². The van der Waals surface area contributed by atoms with Crippen LogP contribution in [0.4, 0.5) is 32.3 Å². The van der Waals surface area contributed by atoms with Gasteiger partial charge in [-0.1, -0.05) is 23.7 Å². The molecule has 2 aromatic heterocycles. The molecule has 0 fully saturated rings. The standard InChI is InChI=1S/C26H20ClF6N5O4/c1-36(12-15-3-5-18(6-4-15)41-19-7-8-21(27)20(10-19)25(28,29)30)24-35-22(39)17(9-16-11-34-37(2)13-16)14-38(24)42-23(40)26(31,32)33/h3-8,10-11,13-14H,9,12H2,1-2H3. The van der Waals surface area contributed by atoms with Crippen LogP contribution in [0.5, 0.6) is 11.5 Å². The highest BCUT2D eigenvalue weighted by Gasteiger charge is 2.42. The van der Waals surface area contributed by atoms with E-state index in [0.29, 0.717) is 15.9 Å². The summed E-state index contributed by atoms with van der Waals surface area (Å²) < 4.78 is 85.7. The summed E-state index contributed by atoms with van der Waals surface area (Å²) in [5.41, 5.74) is -0.755. The molecule has 16 heteroatoms. The van der Waals surface area contributed by atoms with Gasteiger partial charge in [-0.05, 0) is 41.5 Å². The lowest BCUT2D eigenvalue weighted by Crippen LogP contribution is -2.37. The minimum atomic E-state index is -5.32. The zero-order valence-electron chi connectivity index (χ0n) is 21.7. The lowest BCUT2D eigenvalue weighted by molar-refractivity contribution is -0.199. The third kappa shape index (κ3) is 7.40. The van der Waals surface area contributed by atoms with Gasteiger partial charge in [0.1, 0.15) is 11.5 Å². The minimum Gasteiger partial charge on any atom is -0.457 e. The SMILES string of the molecule is CN(Cc1ccc(Oc2ccc(Cl)c(C(F)(F)F)c2)cc1)c1nc(=O)c(Cc2cnn(C)c2)cn1OC(=O)C(F)(F)F. The number of alkyl halides is 6. The fourth-order valence-electron chi connectivity index (χ4n) is 3.76. The van der Waals surface area contributed by atoms with Crippen LogP contribution in [0.3, 0.4) is 0 Å². The number of halogens is 7. The maximum absolute atomic E-state index is 13.1. The maximum Gasteiger partial charge on any atom is 0.493 e. The van der Waals surface area contributed by atoms with Crippen molar-refractivity contribution in [3.05, 3.63) is 98.7 Å². The van der Waals surface area contributed by atoms with Crippen LogP contribution in [-0.4, -0.2) is 38.7 Å². The molecule has 2 heterocycles. The molecule has 0 N–H and O–H groups in total. The summed E-state index contributed by atoms with van der Waals surface area (Å²) >= 11 is 5.63. The number of nitrogens with zero attached hydrogens (tertiary/aromatic N) is 5. The Labute approximate surface area is 238 Å². The largest absolute Gasteiger partial charge is 0.493 e. The molecule has 0 atom stereocenters. The van der Waals surface area contributed by atoms with Gasteiger partial charge in [0.05, 0.1) is 23.0 Å². The smallest absolute Gasteiger partial charge is 0.457 e. The third-order valence-electron chi connectivity index (χ3n) is 5.68. The van der Waals surface area contributed by atoms with Gasteiger partial charge in [0.2, 0.25) is 5.95 Å². The van der Waals surface area contributed by atoms with Gasteiger partial charge in [0.15, 0.2) is 0 Å². The number of ether oxygens (including phenoxy) is 1. The molecule has 0 saturated carbocycles. The Hall–Kier alpha value is -4.53. The molecule has 0 unspecified atom stereocenters. The fraction of sp³-hybridized carbons (Fsp3) is 0.231. The van der Waals surface area contributed by atoms with Crippen molar-refractivity contribution in [2.45, 2.75) is 25.3 Å². The van der Waals surface area contributed by atoms with Crippen LogP contribution in [-0.2, 0) is 31.0 Å². The molecular formula is C26H20ClF6N5O4. The third-order valence-corrected chi connectivity index (χ3v) is 6.01. The molecule has 4 aromatic rings. The Morgan fingerprint density at radius 1 is 1.00 bits per heavy atom. The molecule has 0 aliphatic carbocycles. The molecule has 0 bridgehead atoms. The van der Waals surface area contributed by atoms with Crippen molar-refractivity contribution in [1.29, 1.82) is 0 Å². The van der Waals surface area contributed by atoms with Crippen LogP contribution < -0.4 is 20.0 Å². The van der Waals surface area contributed by atoms with E-state index in [2.05, 4.69) is 14.9 Å². The van der Waals surface area contributed by atoms with Crippen LogP contribution >= 0.6 is 11.6 Å². The Kier molecular flexibility index (Phi) is 8.52. The molecule has 0 aliphatic heterocycles. The molecular weight excluding hydrogens is 596 g/mol. The summed E-state index contributed by atoms with van der Waals surface area (Å²) in [6.07, 6.45) is -6.01. The van der Waals surface area contributed by atoms with E-state index in [9.17, 15) is 35.9 Å². The highest BCUT2D eigenvalue weighted by Crippen LogP contribution is 2.37. The Balaban J connectivity index is 1.55. The van der Waals surface area contributed by atoms with E-state index < -0.39 is 40.4 Å². The topological polar surface area (TPSA) is 91.5 Å². The first-order valence-corrected chi connectivity index (χ1v) is 12.2. The molecule has 4 rings (SSSR count). The first-order chi connectivity index (χ1) is 19.6. The van der Waals surface area contributed by atoms with Crippen LogP contribution in [0.2, 0.25) is 5.02 Å². The second-order valence-electron chi connectivity index (χ2n) is 9.01. The number of aryl methyl sites for hydroxylation is 1. The molecule has 2 aromatic carbocycles. The number of anilines is 1. The predicted molar refractivity (Wildman–Crippen MR) is 137 cm³/mol. The summed E-state index contributed by atoms with van der Waals surface area (Å²) in [7, 11) is 3.04. The molecule has 0 radical (unpaired) electrons. The number of carbonyl (C=O) groups excluding carboxylic acids is 1. The van der Waals surface area contributed by atoms with Crippen molar-refractivity contribution in [1.82, 2.24) is 19.5 Å². The second kappa shape index (κ2) is 11.8. The first-order valence-electron chi connectivity index (χ1n) is 11.8. The van der Waals surface area contributed by atoms with Crippen LogP contribution in [0, 0.1) is 0 Å². The molecule has 9 nitrogen and oxygen atoms in total. The van der Waals surface area contributed by atoms with Crippen molar-refractivity contribution < 1.29 is 40.7 Å². The summed E-state index contributed by atoms with van der Waals surface area (Å²) in [4.78, 5) is 34.0.